The molecule has 0 spiro atoms. The van der Waals surface area contributed by atoms with E-state index in [1.165, 1.54) is 18.1 Å². The lowest BCUT2D eigenvalue weighted by molar-refractivity contribution is -0.142. The lowest BCUT2D eigenvalue weighted by Crippen LogP contribution is -2.57. The standard InChI is InChI=1S/C50H52F2N8O6S2/c1-24-27(4)68-49-40(24)42(55-37(21-39(62)66-9)45-58-57-28(5)60(45)49)31-14-12-30(13-15-31)35-18-33(19-36(51)41(35)52)46(63)56-44(50(6,7)8)48(65)59-22-34(61)20-38(59)47(64)54-25(2)29-10-16-32(17-11-29)43-26(3)53-23-67-43/h10-19,23,25,34,37-38,44,61H,20-22H2,1-9H3,(H,54,64)(H,56,63)/t25-,34+,37-,38-,44?/m0/s1. The molecule has 3 N–H and O–H groups in total. The molecule has 3 aromatic carbocycles. The van der Waals surface area contributed by atoms with E-state index >= 15 is 8.78 Å². The molecule has 2 aliphatic heterocycles. The molecule has 5 atom stereocenters. The molecule has 8 rings (SSSR count). The van der Waals surface area contributed by atoms with Crippen molar-refractivity contribution in [3.05, 3.63) is 128 Å². The second-order valence-corrected chi connectivity index (χ2v) is 20.4. The van der Waals surface area contributed by atoms with Crippen LogP contribution in [0.4, 0.5) is 8.78 Å². The third kappa shape index (κ3) is 9.23. The van der Waals surface area contributed by atoms with Crippen molar-refractivity contribution in [2.45, 2.75) is 98.5 Å². The van der Waals surface area contributed by atoms with Crippen LogP contribution in [0.25, 0.3) is 26.6 Å². The second-order valence-electron chi connectivity index (χ2n) is 18.4. The van der Waals surface area contributed by atoms with E-state index in [2.05, 4.69) is 25.8 Å². The maximum Gasteiger partial charge on any atom is 0.308 e. The van der Waals surface area contributed by atoms with Gasteiger partial charge in [0.2, 0.25) is 11.8 Å². The van der Waals surface area contributed by atoms with Crippen LogP contribution in [-0.4, -0.2) is 91.0 Å². The molecule has 1 unspecified atom stereocenters. The van der Waals surface area contributed by atoms with Gasteiger partial charge in [-0.05, 0) is 74.4 Å². The summed E-state index contributed by atoms with van der Waals surface area (Å²) < 4.78 is 38.2. The lowest BCUT2D eigenvalue weighted by atomic mass is 9.85. The van der Waals surface area contributed by atoms with Crippen molar-refractivity contribution in [1.82, 2.24) is 35.3 Å². The number of esters is 1. The van der Waals surface area contributed by atoms with Gasteiger partial charge in [0.05, 0.1) is 47.5 Å². The number of nitrogens with zero attached hydrogens (tertiary/aromatic N) is 6. The molecule has 354 valence electrons. The summed E-state index contributed by atoms with van der Waals surface area (Å²) in [5.74, 6) is -3.74. The van der Waals surface area contributed by atoms with Crippen molar-refractivity contribution < 1.29 is 37.8 Å². The van der Waals surface area contributed by atoms with E-state index in [1.807, 2.05) is 63.5 Å². The van der Waals surface area contributed by atoms with Crippen LogP contribution in [0, 0.1) is 44.7 Å². The first-order valence-corrected chi connectivity index (χ1v) is 23.8. The molecule has 0 aliphatic carbocycles. The topological polar surface area (TPSA) is 181 Å². The minimum Gasteiger partial charge on any atom is -0.469 e. The SMILES string of the molecule is COC(=O)C[C@@H]1N=C(c2ccc(-c3cc(C(=O)NC(C(=O)N4C[C@H](O)C[C@H]4C(=O)N[C@@H](C)c4ccc(-c5scnc5C)cc4)C(C)(C)C)cc(F)c3F)cc2)c2c(sc(C)c2C)-n2c(C)nnc21. The van der Waals surface area contributed by atoms with E-state index in [0.29, 0.717) is 22.9 Å². The van der Waals surface area contributed by atoms with Crippen molar-refractivity contribution in [3.8, 4) is 26.6 Å². The van der Waals surface area contributed by atoms with Crippen LogP contribution in [0.3, 0.4) is 0 Å². The minimum atomic E-state index is -1.27. The number of carbonyl (C=O) groups is 4. The number of likely N-dealkylation sites (tertiary alicyclic amines) is 1. The first-order valence-electron chi connectivity index (χ1n) is 22.1. The van der Waals surface area contributed by atoms with Gasteiger partial charge in [-0.15, -0.1) is 32.9 Å². The summed E-state index contributed by atoms with van der Waals surface area (Å²) in [6, 6.07) is 13.0. The number of hydrogen-bond donors (Lipinski definition) is 3. The monoisotopic (exact) mass is 962 g/mol. The minimum absolute atomic E-state index is 0.0126. The Labute approximate surface area is 400 Å². The van der Waals surface area contributed by atoms with Gasteiger partial charge in [-0.3, -0.25) is 28.7 Å². The number of thiazole rings is 1. The predicted octanol–water partition coefficient (Wildman–Crippen LogP) is 8.07. The molecule has 0 bridgehead atoms. The molecule has 5 heterocycles. The number of halogens is 2. The number of amides is 3. The zero-order chi connectivity index (χ0) is 48.9. The number of benzene rings is 3. The van der Waals surface area contributed by atoms with E-state index in [0.717, 1.165) is 48.8 Å². The number of aryl methyl sites for hydroxylation is 3. The lowest BCUT2D eigenvalue weighted by Gasteiger charge is -2.35. The fourth-order valence-electron chi connectivity index (χ4n) is 8.73. The normalized spacial score (nSPS) is 17.7. The Bertz CT molecular complexity index is 2970. The summed E-state index contributed by atoms with van der Waals surface area (Å²) >= 11 is 3.09. The number of aliphatic imine (C=N–C) groups is 1. The van der Waals surface area contributed by atoms with Gasteiger partial charge >= 0.3 is 5.97 Å². The third-order valence-corrected chi connectivity index (χ3v) is 14.8. The molecular weight excluding hydrogens is 911 g/mol. The van der Waals surface area contributed by atoms with Gasteiger partial charge in [0.1, 0.15) is 29.0 Å². The summed E-state index contributed by atoms with van der Waals surface area (Å²) in [7, 11) is 1.30. The molecule has 2 aliphatic rings. The molecule has 3 aromatic heterocycles. The number of fused-ring (bicyclic) bond motifs is 3. The maximum absolute atomic E-state index is 15.8. The van der Waals surface area contributed by atoms with Gasteiger partial charge in [0.15, 0.2) is 17.5 Å². The van der Waals surface area contributed by atoms with Gasteiger partial charge < -0.3 is 25.4 Å². The Morgan fingerprint density at radius 3 is 2.26 bits per heavy atom. The maximum atomic E-state index is 15.8. The van der Waals surface area contributed by atoms with Crippen molar-refractivity contribution in [3.63, 3.8) is 0 Å². The highest BCUT2D eigenvalue weighted by Gasteiger charge is 2.45. The van der Waals surface area contributed by atoms with Gasteiger partial charge in [-0.25, -0.2) is 13.8 Å². The summed E-state index contributed by atoms with van der Waals surface area (Å²) in [6.07, 6.45) is -1.10. The number of aliphatic hydroxyl groups excluding tert-OH is 1. The largest absolute Gasteiger partial charge is 0.469 e. The fraction of sp³-hybridized carbons (Fsp3) is 0.360. The van der Waals surface area contributed by atoms with Crippen LogP contribution < -0.4 is 10.6 Å². The zero-order valence-electron chi connectivity index (χ0n) is 39.1. The molecule has 0 radical (unpaired) electrons. The highest BCUT2D eigenvalue weighted by molar-refractivity contribution is 7.15. The van der Waals surface area contributed by atoms with Crippen molar-refractivity contribution >= 4 is 52.1 Å². The Balaban J connectivity index is 1.03. The number of hydrogen-bond acceptors (Lipinski definition) is 12. The Hall–Kier alpha value is -6.50. The average Bonchev–Trinajstić information content (AvgIpc) is 4.07. The van der Waals surface area contributed by atoms with Crippen LogP contribution in [0.2, 0.25) is 0 Å². The number of nitrogens with one attached hydrogen (secondary N) is 2. The summed E-state index contributed by atoms with van der Waals surface area (Å²) in [5.41, 5.74) is 6.46. The zero-order valence-corrected chi connectivity index (χ0v) is 40.7. The van der Waals surface area contributed by atoms with E-state index in [1.54, 1.807) is 73.2 Å². The number of carbonyl (C=O) groups excluding carboxylic acids is 4. The molecule has 0 saturated carbocycles. The van der Waals surface area contributed by atoms with E-state index in [-0.39, 0.29) is 36.1 Å². The Morgan fingerprint density at radius 2 is 1.62 bits per heavy atom. The third-order valence-electron chi connectivity index (χ3n) is 12.6. The Morgan fingerprint density at radius 1 is 0.941 bits per heavy atom. The molecule has 6 aromatic rings. The molecule has 18 heteroatoms. The van der Waals surface area contributed by atoms with Crippen LogP contribution >= 0.6 is 22.7 Å². The van der Waals surface area contributed by atoms with E-state index in [9.17, 15) is 24.3 Å². The molecule has 3 amide bonds. The van der Waals surface area contributed by atoms with Crippen LogP contribution in [-0.2, 0) is 19.1 Å². The number of β-amino-alcohol motifs (C(OH)–C–C–N with tert-alkyl or cyclic N) is 1. The molecule has 1 fully saturated rings. The molecule has 14 nitrogen and oxygen atoms in total. The van der Waals surface area contributed by atoms with Gasteiger partial charge in [-0.2, -0.15) is 0 Å². The quantitative estimate of drug-likeness (QED) is 0.108. The molecule has 1 saturated heterocycles. The van der Waals surface area contributed by atoms with Gasteiger partial charge in [-0.1, -0.05) is 69.3 Å². The first kappa shape index (κ1) is 48.0. The Kier molecular flexibility index (Phi) is 13.3. The number of ether oxygens (including phenoxy) is 1. The summed E-state index contributed by atoms with van der Waals surface area (Å²) in [4.78, 5) is 67.7. The second kappa shape index (κ2) is 18.9. The number of aromatic nitrogens is 4. The van der Waals surface area contributed by atoms with E-state index in [4.69, 9.17) is 9.73 Å². The first-order chi connectivity index (χ1) is 32.2. The fourth-order valence-corrected chi connectivity index (χ4v) is 10.8. The number of aliphatic hydroxyl groups is 1. The van der Waals surface area contributed by atoms with Crippen molar-refractivity contribution in [1.29, 1.82) is 0 Å². The van der Waals surface area contributed by atoms with Crippen LogP contribution in [0.15, 0.2) is 71.2 Å². The summed E-state index contributed by atoms with van der Waals surface area (Å²) in [5, 5.41) is 26.0. The number of rotatable bonds is 11. The van der Waals surface area contributed by atoms with Crippen LogP contribution in [0.5, 0.6) is 0 Å². The van der Waals surface area contributed by atoms with Crippen LogP contribution in [0.1, 0.15) is 107 Å². The highest BCUT2D eigenvalue weighted by atomic mass is 32.1. The molecular formula is C50H52F2N8O6S2. The van der Waals surface area contributed by atoms with Gasteiger partial charge in [0.25, 0.3) is 5.91 Å². The summed E-state index contributed by atoms with van der Waals surface area (Å²) in [6.45, 7) is 14.6. The predicted molar refractivity (Wildman–Crippen MR) is 256 cm³/mol. The van der Waals surface area contributed by atoms with Crippen molar-refractivity contribution in [2.75, 3.05) is 13.7 Å². The average molecular weight is 963 g/mol. The van der Waals surface area contributed by atoms with Crippen molar-refractivity contribution in [2.24, 2.45) is 10.4 Å². The molecule has 68 heavy (non-hydrogen) atoms. The van der Waals surface area contributed by atoms with E-state index < -0.39 is 71.0 Å². The highest BCUT2D eigenvalue weighted by Crippen LogP contribution is 2.40. The number of methoxy groups -OCH3 is 1. The number of thiophene rings is 1. The van der Waals surface area contributed by atoms with Gasteiger partial charge in [0, 0.05) is 40.1 Å². The smallest absolute Gasteiger partial charge is 0.308 e.